The van der Waals surface area contributed by atoms with Crippen LogP contribution in [0.3, 0.4) is 0 Å². The van der Waals surface area contributed by atoms with E-state index in [1.165, 1.54) is 27.8 Å². The Morgan fingerprint density at radius 1 is 1.20 bits per heavy atom. The summed E-state index contributed by atoms with van der Waals surface area (Å²) in [6.45, 7) is 4.16. The summed E-state index contributed by atoms with van der Waals surface area (Å²) < 4.78 is 1.33. The van der Waals surface area contributed by atoms with Crippen LogP contribution in [-0.2, 0) is 11.3 Å². The predicted octanol–water partition coefficient (Wildman–Crippen LogP) is 5.54. The molecular formula is C23H20ClN3O2S. The van der Waals surface area contributed by atoms with Crippen LogP contribution in [0.25, 0.3) is 21.3 Å². The topological polar surface area (TPSA) is 64.0 Å². The summed E-state index contributed by atoms with van der Waals surface area (Å²) >= 11 is 7.38. The van der Waals surface area contributed by atoms with Crippen LogP contribution in [0.4, 0.5) is 5.69 Å². The molecule has 0 spiro atoms. The van der Waals surface area contributed by atoms with Crippen molar-refractivity contribution in [2.75, 3.05) is 5.32 Å². The van der Waals surface area contributed by atoms with Gasteiger partial charge in [0.15, 0.2) is 0 Å². The molecule has 2 aromatic heterocycles. The maximum absolute atomic E-state index is 13.1. The van der Waals surface area contributed by atoms with Crippen LogP contribution in [0.5, 0.6) is 0 Å². The van der Waals surface area contributed by atoms with Gasteiger partial charge >= 0.3 is 0 Å². The number of anilines is 1. The van der Waals surface area contributed by atoms with Crippen molar-refractivity contribution in [3.63, 3.8) is 0 Å². The van der Waals surface area contributed by atoms with E-state index in [1.807, 2.05) is 17.5 Å². The Kier molecular flexibility index (Phi) is 5.70. The molecule has 30 heavy (non-hydrogen) atoms. The Morgan fingerprint density at radius 3 is 2.67 bits per heavy atom. The molecule has 7 heteroatoms. The summed E-state index contributed by atoms with van der Waals surface area (Å²) in [6, 6.07) is 15.1. The fourth-order valence-electron chi connectivity index (χ4n) is 3.26. The Balaban J connectivity index is 1.64. The average molecular weight is 438 g/mol. The second kappa shape index (κ2) is 8.42. The molecule has 0 saturated heterocycles. The molecule has 0 radical (unpaired) electrons. The van der Waals surface area contributed by atoms with Crippen molar-refractivity contribution in [1.29, 1.82) is 0 Å². The number of nitrogens with zero attached hydrogens (tertiary/aromatic N) is 2. The van der Waals surface area contributed by atoms with E-state index >= 15 is 0 Å². The fourth-order valence-corrected chi connectivity index (χ4v) is 4.36. The number of fused-ring (bicyclic) bond motifs is 1. The molecule has 1 N–H and O–H groups in total. The largest absolute Gasteiger partial charge is 0.324 e. The molecule has 0 unspecified atom stereocenters. The van der Waals surface area contributed by atoms with Gasteiger partial charge < -0.3 is 5.32 Å². The van der Waals surface area contributed by atoms with Crippen molar-refractivity contribution in [3.05, 3.63) is 81.2 Å². The molecule has 0 atom stereocenters. The number of amides is 1. The molecule has 1 amide bonds. The highest BCUT2D eigenvalue weighted by atomic mass is 35.5. The number of carbonyl (C=O) groups excluding carboxylic acids is 1. The van der Waals surface area contributed by atoms with Gasteiger partial charge in [0.05, 0.1) is 11.7 Å². The first-order chi connectivity index (χ1) is 14.4. The molecule has 2 aromatic carbocycles. The highest BCUT2D eigenvalue weighted by Gasteiger charge is 2.15. The summed E-state index contributed by atoms with van der Waals surface area (Å²) in [5, 5.41) is 5.76. The maximum Gasteiger partial charge on any atom is 0.263 e. The van der Waals surface area contributed by atoms with Crippen LogP contribution in [0.15, 0.2) is 65.0 Å². The van der Waals surface area contributed by atoms with Crippen LogP contribution in [0, 0.1) is 0 Å². The summed E-state index contributed by atoms with van der Waals surface area (Å²) in [4.78, 5) is 30.6. The van der Waals surface area contributed by atoms with Gasteiger partial charge in [0.2, 0.25) is 5.91 Å². The van der Waals surface area contributed by atoms with Gasteiger partial charge in [0.25, 0.3) is 5.56 Å². The molecule has 5 nitrogen and oxygen atoms in total. The lowest BCUT2D eigenvalue weighted by molar-refractivity contribution is -0.116. The molecule has 152 valence electrons. The first-order valence-electron chi connectivity index (χ1n) is 9.55. The number of hydrogen-bond acceptors (Lipinski definition) is 4. The third-order valence-electron chi connectivity index (χ3n) is 4.87. The van der Waals surface area contributed by atoms with Crippen molar-refractivity contribution in [3.8, 4) is 11.1 Å². The molecule has 0 aliphatic rings. The van der Waals surface area contributed by atoms with Gasteiger partial charge in [-0.05, 0) is 35.2 Å². The van der Waals surface area contributed by atoms with Gasteiger partial charge in [-0.1, -0.05) is 55.8 Å². The number of thiophene rings is 1. The van der Waals surface area contributed by atoms with Crippen LogP contribution >= 0.6 is 22.9 Å². The van der Waals surface area contributed by atoms with Gasteiger partial charge in [-0.15, -0.1) is 11.3 Å². The van der Waals surface area contributed by atoms with Gasteiger partial charge in [0, 0.05) is 21.7 Å². The Morgan fingerprint density at radius 2 is 1.97 bits per heavy atom. The quantitative estimate of drug-likeness (QED) is 0.445. The zero-order valence-corrected chi connectivity index (χ0v) is 18.1. The van der Waals surface area contributed by atoms with E-state index in [1.54, 1.807) is 24.3 Å². The van der Waals surface area contributed by atoms with Crippen molar-refractivity contribution in [1.82, 2.24) is 9.55 Å². The highest BCUT2D eigenvalue weighted by molar-refractivity contribution is 7.17. The maximum atomic E-state index is 13.1. The van der Waals surface area contributed by atoms with Crippen molar-refractivity contribution in [2.45, 2.75) is 26.3 Å². The molecule has 0 aliphatic carbocycles. The minimum absolute atomic E-state index is 0.129. The molecule has 4 aromatic rings. The molecule has 0 saturated carbocycles. The van der Waals surface area contributed by atoms with Crippen molar-refractivity contribution in [2.24, 2.45) is 0 Å². The third kappa shape index (κ3) is 4.15. The first-order valence-corrected chi connectivity index (χ1v) is 10.8. The Hall–Kier alpha value is -2.96. The third-order valence-corrected chi connectivity index (χ3v) is 5.99. The number of rotatable bonds is 5. The summed E-state index contributed by atoms with van der Waals surface area (Å²) in [7, 11) is 0. The highest BCUT2D eigenvalue weighted by Crippen LogP contribution is 2.31. The smallest absolute Gasteiger partial charge is 0.263 e. The molecule has 0 aliphatic heterocycles. The van der Waals surface area contributed by atoms with Gasteiger partial charge in [-0.2, -0.15) is 0 Å². The summed E-state index contributed by atoms with van der Waals surface area (Å²) in [6.07, 6.45) is 1.42. The van der Waals surface area contributed by atoms with Crippen LogP contribution in [-0.4, -0.2) is 15.5 Å². The lowest BCUT2D eigenvalue weighted by Crippen LogP contribution is -2.27. The molecule has 4 rings (SSSR count). The number of aromatic nitrogens is 2. The molecule has 0 fully saturated rings. The van der Waals surface area contributed by atoms with E-state index in [-0.39, 0.29) is 18.0 Å². The van der Waals surface area contributed by atoms with Gasteiger partial charge in [-0.3, -0.25) is 14.2 Å². The predicted molar refractivity (Wildman–Crippen MR) is 123 cm³/mol. The standard InChI is InChI=1S/C23H20ClN3O2S/c1-14(2)15-6-8-16(9-7-15)19-12-30-22-21(19)23(29)27(13-25-22)11-20(28)26-18-5-3-4-17(24)10-18/h3-10,12-14H,11H2,1-2H3,(H,26,28). The van der Waals surface area contributed by atoms with Gasteiger partial charge in [-0.25, -0.2) is 4.98 Å². The normalized spacial score (nSPS) is 11.2. The van der Waals surface area contributed by atoms with E-state index in [2.05, 4.69) is 36.3 Å². The first kappa shape index (κ1) is 20.3. The second-order valence-corrected chi connectivity index (χ2v) is 8.64. The lowest BCUT2D eigenvalue weighted by Gasteiger charge is -2.09. The zero-order valence-electron chi connectivity index (χ0n) is 16.6. The Bertz CT molecular complexity index is 1280. The Labute approximate surface area is 183 Å². The minimum atomic E-state index is -0.321. The van der Waals surface area contributed by atoms with Crippen LogP contribution < -0.4 is 10.9 Å². The number of halogens is 1. The lowest BCUT2D eigenvalue weighted by atomic mass is 9.99. The van der Waals surface area contributed by atoms with Crippen LogP contribution in [0.1, 0.15) is 25.3 Å². The molecular weight excluding hydrogens is 418 g/mol. The van der Waals surface area contributed by atoms with Crippen LogP contribution in [0.2, 0.25) is 5.02 Å². The second-order valence-electron chi connectivity index (χ2n) is 7.34. The van der Waals surface area contributed by atoms with E-state index in [0.717, 1.165) is 11.1 Å². The zero-order chi connectivity index (χ0) is 21.3. The monoisotopic (exact) mass is 437 g/mol. The number of hydrogen-bond donors (Lipinski definition) is 1. The van der Waals surface area contributed by atoms with E-state index < -0.39 is 0 Å². The van der Waals surface area contributed by atoms with E-state index in [4.69, 9.17) is 11.6 Å². The van der Waals surface area contributed by atoms with E-state index in [0.29, 0.717) is 26.8 Å². The SMILES string of the molecule is CC(C)c1ccc(-c2csc3ncn(CC(=O)Nc4cccc(Cl)c4)c(=O)c23)cc1. The van der Waals surface area contributed by atoms with Gasteiger partial charge in [0.1, 0.15) is 11.4 Å². The van der Waals surface area contributed by atoms with E-state index in [9.17, 15) is 9.59 Å². The summed E-state index contributed by atoms with van der Waals surface area (Å²) in [5.74, 6) is 0.119. The summed E-state index contributed by atoms with van der Waals surface area (Å²) in [5.41, 5.74) is 3.39. The average Bonchev–Trinajstić information content (AvgIpc) is 3.15. The fraction of sp³-hybridized carbons (Fsp3) is 0.174. The number of carbonyl (C=O) groups is 1. The molecule has 0 bridgehead atoms. The van der Waals surface area contributed by atoms with Crippen molar-refractivity contribution < 1.29 is 4.79 Å². The molecule has 2 heterocycles. The number of benzene rings is 2. The van der Waals surface area contributed by atoms with Crippen molar-refractivity contribution >= 4 is 44.7 Å². The number of nitrogens with one attached hydrogen (secondary N) is 1. The minimum Gasteiger partial charge on any atom is -0.324 e.